The Kier molecular flexibility index (Phi) is 6.26. The van der Waals surface area contributed by atoms with Crippen LogP contribution in [0.3, 0.4) is 0 Å². The van der Waals surface area contributed by atoms with Gasteiger partial charge in [-0.15, -0.1) is 0 Å². The third-order valence-corrected chi connectivity index (χ3v) is 5.52. The summed E-state index contributed by atoms with van der Waals surface area (Å²) < 4.78 is 24.8. The van der Waals surface area contributed by atoms with E-state index in [-0.39, 0.29) is 10.6 Å². The second-order valence-electron chi connectivity index (χ2n) is 6.04. The second kappa shape index (κ2) is 8.23. The maximum atomic E-state index is 12.4. The van der Waals surface area contributed by atoms with Crippen molar-refractivity contribution in [3.63, 3.8) is 0 Å². The standard InChI is InChI=1S/C19H25N3O3S/c1-5-22(6-2)17-10-9-16(18(23)12-17)13-20-21-26(24,25)19-11-14(3)7-8-15(19)4/h7-13,21,23H,5-6H2,1-4H3/b20-13+. The SMILES string of the molecule is CCN(CC)c1ccc(/C=N/NS(=O)(=O)c2cc(C)ccc2C)c(O)c1. The van der Waals surface area contributed by atoms with Crippen LogP contribution in [-0.2, 0) is 10.0 Å². The van der Waals surface area contributed by atoms with E-state index in [0.29, 0.717) is 11.1 Å². The number of aryl methyl sites for hydroxylation is 2. The van der Waals surface area contributed by atoms with Crippen LogP contribution in [0.1, 0.15) is 30.5 Å². The number of anilines is 1. The van der Waals surface area contributed by atoms with Crippen molar-refractivity contribution in [3.05, 3.63) is 53.1 Å². The summed E-state index contributed by atoms with van der Waals surface area (Å²) in [6.45, 7) is 9.31. The number of phenolic OH excluding ortho intramolecular Hbond substituents is 1. The Morgan fingerprint density at radius 2 is 1.81 bits per heavy atom. The van der Waals surface area contributed by atoms with Gasteiger partial charge in [-0.3, -0.25) is 0 Å². The molecule has 0 amide bonds. The lowest BCUT2D eigenvalue weighted by Crippen LogP contribution is -2.21. The lowest BCUT2D eigenvalue weighted by molar-refractivity contribution is 0.474. The third kappa shape index (κ3) is 4.54. The number of benzene rings is 2. The summed E-state index contributed by atoms with van der Waals surface area (Å²) in [4.78, 5) is 4.49. The summed E-state index contributed by atoms with van der Waals surface area (Å²) in [5.41, 5.74) is 2.83. The molecule has 7 heteroatoms. The van der Waals surface area contributed by atoms with Crippen LogP contribution in [0.5, 0.6) is 5.75 Å². The Hall–Kier alpha value is -2.54. The molecule has 0 aliphatic rings. The summed E-state index contributed by atoms with van der Waals surface area (Å²) in [7, 11) is -3.76. The summed E-state index contributed by atoms with van der Waals surface area (Å²) in [6.07, 6.45) is 1.30. The van der Waals surface area contributed by atoms with E-state index in [2.05, 4.69) is 14.8 Å². The highest BCUT2D eigenvalue weighted by Crippen LogP contribution is 2.23. The zero-order valence-corrected chi connectivity index (χ0v) is 16.3. The van der Waals surface area contributed by atoms with Gasteiger partial charge in [0.25, 0.3) is 10.0 Å². The largest absolute Gasteiger partial charge is 0.507 e. The minimum absolute atomic E-state index is 0.0454. The zero-order valence-electron chi connectivity index (χ0n) is 15.5. The molecule has 0 bridgehead atoms. The fourth-order valence-electron chi connectivity index (χ4n) is 2.64. The molecule has 26 heavy (non-hydrogen) atoms. The Morgan fingerprint density at radius 1 is 1.12 bits per heavy atom. The van der Waals surface area contributed by atoms with Crippen LogP contribution in [0, 0.1) is 13.8 Å². The van der Waals surface area contributed by atoms with Gasteiger partial charge < -0.3 is 10.0 Å². The molecule has 140 valence electrons. The van der Waals surface area contributed by atoms with Crippen molar-refractivity contribution in [1.82, 2.24) is 4.83 Å². The summed E-state index contributed by atoms with van der Waals surface area (Å²) in [5.74, 6) is 0.0454. The molecule has 0 fully saturated rings. The third-order valence-electron chi connectivity index (χ3n) is 4.15. The molecule has 0 unspecified atom stereocenters. The number of phenols is 1. The average molecular weight is 375 g/mol. The Labute approximate surface area is 155 Å². The van der Waals surface area contributed by atoms with Crippen molar-refractivity contribution in [2.45, 2.75) is 32.6 Å². The first-order valence-electron chi connectivity index (χ1n) is 8.48. The van der Waals surface area contributed by atoms with Gasteiger partial charge >= 0.3 is 0 Å². The molecule has 0 aliphatic carbocycles. The van der Waals surface area contributed by atoms with E-state index in [0.717, 1.165) is 24.3 Å². The highest BCUT2D eigenvalue weighted by Gasteiger charge is 2.16. The number of hydrogen-bond acceptors (Lipinski definition) is 5. The quantitative estimate of drug-likeness (QED) is 0.575. The van der Waals surface area contributed by atoms with Crippen molar-refractivity contribution in [3.8, 4) is 5.75 Å². The van der Waals surface area contributed by atoms with Crippen LogP contribution in [-0.4, -0.2) is 32.8 Å². The van der Waals surface area contributed by atoms with E-state index in [1.165, 1.54) is 6.21 Å². The molecule has 0 aliphatic heterocycles. The van der Waals surface area contributed by atoms with Crippen LogP contribution in [0.2, 0.25) is 0 Å². The van der Waals surface area contributed by atoms with Gasteiger partial charge in [-0.05, 0) is 57.0 Å². The molecule has 0 atom stereocenters. The molecule has 2 N–H and O–H groups in total. The van der Waals surface area contributed by atoms with Crippen molar-refractivity contribution in [1.29, 1.82) is 0 Å². The van der Waals surface area contributed by atoms with Gasteiger partial charge in [0.15, 0.2) is 0 Å². The van der Waals surface area contributed by atoms with Crippen molar-refractivity contribution < 1.29 is 13.5 Å². The molecule has 6 nitrogen and oxygen atoms in total. The molecule has 2 rings (SSSR count). The summed E-state index contributed by atoms with van der Waals surface area (Å²) >= 11 is 0. The van der Waals surface area contributed by atoms with Gasteiger partial charge in [-0.2, -0.15) is 13.5 Å². The molecule has 0 aromatic heterocycles. The average Bonchev–Trinajstić information content (AvgIpc) is 2.59. The molecule has 2 aromatic rings. The van der Waals surface area contributed by atoms with Gasteiger partial charge in [-0.25, -0.2) is 4.83 Å². The van der Waals surface area contributed by atoms with E-state index in [9.17, 15) is 13.5 Å². The number of hydrazone groups is 1. The van der Waals surface area contributed by atoms with Gasteiger partial charge in [-0.1, -0.05) is 12.1 Å². The zero-order chi connectivity index (χ0) is 19.3. The first kappa shape index (κ1) is 19.8. The van der Waals surface area contributed by atoms with Crippen LogP contribution >= 0.6 is 0 Å². The van der Waals surface area contributed by atoms with E-state index in [4.69, 9.17) is 0 Å². The molecule has 2 aromatic carbocycles. The second-order valence-corrected chi connectivity index (χ2v) is 7.67. The van der Waals surface area contributed by atoms with Crippen LogP contribution in [0.15, 0.2) is 46.4 Å². The number of aromatic hydroxyl groups is 1. The number of nitrogens with one attached hydrogen (secondary N) is 1. The number of rotatable bonds is 7. The first-order valence-corrected chi connectivity index (χ1v) is 9.97. The Morgan fingerprint density at radius 3 is 2.42 bits per heavy atom. The molecular formula is C19H25N3O3S. The lowest BCUT2D eigenvalue weighted by Gasteiger charge is -2.21. The number of hydrogen-bond donors (Lipinski definition) is 2. The molecule has 0 saturated heterocycles. The predicted molar refractivity (Wildman–Crippen MR) is 105 cm³/mol. The first-order chi connectivity index (χ1) is 12.3. The van der Waals surface area contributed by atoms with Crippen molar-refractivity contribution in [2.75, 3.05) is 18.0 Å². The van der Waals surface area contributed by atoms with Crippen LogP contribution in [0.25, 0.3) is 0 Å². The highest BCUT2D eigenvalue weighted by atomic mass is 32.2. The summed E-state index contributed by atoms with van der Waals surface area (Å²) in [6, 6.07) is 10.4. The monoisotopic (exact) mass is 375 g/mol. The van der Waals surface area contributed by atoms with Gasteiger partial charge in [0, 0.05) is 30.4 Å². The number of sulfonamides is 1. The van der Waals surface area contributed by atoms with Crippen molar-refractivity contribution in [2.24, 2.45) is 5.10 Å². The van der Waals surface area contributed by atoms with Crippen LogP contribution in [0.4, 0.5) is 5.69 Å². The van der Waals surface area contributed by atoms with Gasteiger partial charge in [0.2, 0.25) is 0 Å². The number of nitrogens with zero attached hydrogens (tertiary/aromatic N) is 2. The molecule has 0 spiro atoms. The molecule has 0 saturated carbocycles. The minimum atomic E-state index is -3.76. The maximum Gasteiger partial charge on any atom is 0.276 e. The van der Waals surface area contributed by atoms with E-state index >= 15 is 0 Å². The fraction of sp³-hybridized carbons (Fsp3) is 0.316. The predicted octanol–water partition coefficient (Wildman–Crippen LogP) is 3.17. The maximum absolute atomic E-state index is 12.4. The fourth-order valence-corrected chi connectivity index (χ4v) is 3.76. The molecule has 0 radical (unpaired) electrons. The van der Waals surface area contributed by atoms with E-state index in [1.54, 1.807) is 31.2 Å². The molecule has 0 heterocycles. The smallest absolute Gasteiger partial charge is 0.276 e. The summed E-state index contributed by atoms with van der Waals surface area (Å²) in [5, 5.41) is 14.0. The Balaban J connectivity index is 2.19. The van der Waals surface area contributed by atoms with Gasteiger partial charge in [0.1, 0.15) is 5.75 Å². The topological polar surface area (TPSA) is 82.0 Å². The Bertz CT molecular complexity index is 904. The van der Waals surface area contributed by atoms with Crippen molar-refractivity contribution >= 4 is 21.9 Å². The minimum Gasteiger partial charge on any atom is -0.507 e. The lowest BCUT2D eigenvalue weighted by atomic mass is 10.2. The van der Waals surface area contributed by atoms with Crippen LogP contribution < -0.4 is 9.73 Å². The van der Waals surface area contributed by atoms with Gasteiger partial charge in [0.05, 0.1) is 11.1 Å². The van der Waals surface area contributed by atoms with E-state index < -0.39 is 10.0 Å². The highest BCUT2D eigenvalue weighted by molar-refractivity contribution is 7.89. The molecular weight excluding hydrogens is 350 g/mol. The van der Waals surface area contributed by atoms with E-state index in [1.807, 2.05) is 32.9 Å². The normalized spacial score (nSPS) is 11.7.